The summed E-state index contributed by atoms with van der Waals surface area (Å²) in [6.07, 6.45) is 0. The molecule has 0 amide bonds. The topological polar surface area (TPSA) is 14.8 Å². The van der Waals surface area contributed by atoms with E-state index in [0.717, 1.165) is 16.9 Å². The number of para-hydroxylation sites is 4. The lowest BCUT2D eigenvalue weighted by Crippen LogP contribution is -2.74. The molecule has 0 unspecified atom stereocenters. The molecule has 14 aromatic rings. The minimum absolute atomic E-state index is 1.12. The van der Waals surface area contributed by atoms with E-state index >= 15 is 0 Å². The van der Waals surface area contributed by atoms with E-state index in [2.05, 4.69) is 287 Å². The number of rotatable bonds is 8. The summed E-state index contributed by atoms with van der Waals surface area (Å²) in [6, 6.07) is 101. The zero-order valence-corrected chi connectivity index (χ0v) is 39.3. The van der Waals surface area contributed by atoms with Crippen molar-refractivity contribution in [2.45, 2.75) is 0 Å². The van der Waals surface area contributed by atoms with Crippen LogP contribution in [0, 0.1) is 0 Å². The van der Waals surface area contributed by atoms with Gasteiger partial charge in [0, 0.05) is 49.3 Å². The normalized spacial score (nSPS) is 12.0. The van der Waals surface area contributed by atoms with Gasteiger partial charge >= 0.3 is 0 Å². The maximum Gasteiger partial charge on any atom is 0.179 e. The molecule has 3 heterocycles. The summed E-state index contributed by atoms with van der Waals surface area (Å²) in [7, 11) is -2.78. The van der Waals surface area contributed by atoms with Crippen LogP contribution in [-0.4, -0.2) is 21.8 Å². The van der Waals surface area contributed by atoms with Crippen molar-refractivity contribution in [2.24, 2.45) is 0 Å². The largest absolute Gasteiger partial charge is 0.309 e. The van der Waals surface area contributed by atoms with Crippen LogP contribution in [0.15, 0.2) is 273 Å². The van der Waals surface area contributed by atoms with Crippen molar-refractivity contribution in [3.8, 4) is 28.2 Å². The van der Waals surface area contributed by atoms with Crippen molar-refractivity contribution >= 4 is 94.2 Å². The third kappa shape index (κ3) is 5.94. The standard InChI is InChI=1S/C66H45N3Si/c1-5-22-46(23-6-1)53-35-20-36-57-65-63(40-21-41-64(65)69-60-38-17-13-32-54(60)55-33-14-18-39-61(55)69)68(66(53)57)48-42-43-62-58(45-48)56-34-15-16-37-59(56)67(62)47-24-19-31-52(44-47)70(49-25-7-2-8-26-49,50-27-9-3-10-28-50)51-29-11-4-12-30-51/h1-45H. The van der Waals surface area contributed by atoms with Gasteiger partial charge in [-0.05, 0) is 87.0 Å². The molecule has 0 saturated carbocycles. The van der Waals surface area contributed by atoms with E-state index in [1.54, 1.807) is 0 Å². The molecule has 0 aliphatic carbocycles. The second-order valence-corrected chi connectivity index (χ2v) is 22.2. The summed E-state index contributed by atoms with van der Waals surface area (Å²) in [5.41, 5.74) is 12.9. The van der Waals surface area contributed by atoms with Gasteiger partial charge in [-0.15, -0.1) is 0 Å². The Morgan fingerprint density at radius 1 is 0.257 bits per heavy atom. The molecular weight excluding hydrogens is 863 g/mol. The highest BCUT2D eigenvalue weighted by atomic mass is 28.3. The Morgan fingerprint density at radius 2 is 0.700 bits per heavy atom. The third-order valence-electron chi connectivity index (χ3n) is 14.8. The van der Waals surface area contributed by atoms with Crippen LogP contribution in [-0.2, 0) is 0 Å². The molecule has 4 heteroatoms. The Labute approximate surface area is 407 Å². The number of aromatic nitrogens is 3. The maximum absolute atomic E-state index is 2.78. The van der Waals surface area contributed by atoms with Crippen LogP contribution >= 0.6 is 0 Å². The lowest BCUT2D eigenvalue weighted by molar-refractivity contribution is 1.16. The van der Waals surface area contributed by atoms with Gasteiger partial charge in [-0.25, -0.2) is 0 Å². The van der Waals surface area contributed by atoms with Gasteiger partial charge in [0.1, 0.15) is 0 Å². The monoisotopic (exact) mass is 907 g/mol. The van der Waals surface area contributed by atoms with Gasteiger partial charge in [-0.1, -0.05) is 212 Å². The molecule has 0 saturated heterocycles. The van der Waals surface area contributed by atoms with Gasteiger partial charge in [0.15, 0.2) is 8.07 Å². The molecule has 0 N–H and O–H groups in total. The first kappa shape index (κ1) is 40.1. The van der Waals surface area contributed by atoms with Gasteiger partial charge < -0.3 is 13.7 Å². The third-order valence-corrected chi connectivity index (χ3v) is 19.5. The summed E-state index contributed by atoms with van der Waals surface area (Å²) >= 11 is 0. The van der Waals surface area contributed by atoms with Crippen molar-refractivity contribution in [3.05, 3.63) is 273 Å². The van der Waals surface area contributed by atoms with E-state index in [1.807, 2.05) is 0 Å². The van der Waals surface area contributed by atoms with Crippen molar-refractivity contribution in [1.82, 2.24) is 13.7 Å². The summed E-state index contributed by atoms with van der Waals surface area (Å²) < 4.78 is 7.48. The molecule has 0 spiro atoms. The SMILES string of the molecule is c1ccc(-c2cccc3c4c(-n5c6ccccc6c6ccccc65)cccc4n(-c4ccc5c(c4)c4ccccc4n5-c4cccc([Si](c5ccccc5)(c5ccccc5)c5ccccc5)c4)c23)cc1. The van der Waals surface area contributed by atoms with Gasteiger partial charge in [0.05, 0.1) is 38.8 Å². The van der Waals surface area contributed by atoms with Crippen LogP contribution in [0.25, 0.3) is 93.6 Å². The Kier molecular flexibility index (Phi) is 9.23. The summed E-state index contributed by atoms with van der Waals surface area (Å²) in [5, 5.41) is 12.8. The summed E-state index contributed by atoms with van der Waals surface area (Å²) in [5.74, 6) is 0. The van der Waals surface area contributed by atoms with Crippen molar-refractivity contribution in [2.75, 3.05) is 0 Å². The van der Waals surface area contributed by atoms with E-state index in [1.165, 1.54) is 97.5 Å². The van der Waals surface area contributed by atoms with Crippen molar-refractivity contribution < 1.29 is 0 Å². The van der Waals surface area contributed by atoms with E-state index < -0.39 is 8.07 Å². The average Bonchev–Trinajstić information content (AvgIpc) is 4.08. The average molecular weight is 908 g/mol. The van der Waals surface area contributed by atoms with Crippen LogP contribution in [0.3, 0.4) is 0 Å². The maximum atomic E-state index is 2.52. The Bertz CT molecular complexity index is 4130. The Morgan fingerprint density at radius 3 is 1.31 bits per heavy atom. The molecule has 0 fully saturated rings. The van der Waals surface area contributed by atoms with E-state index in [0.29, 0.717) is 0 Å². The van der Waals surface area contributed by atoms with Crippen LogP contribution < -0.4 is 20.7 Å². The zero-order chi connectivity index (χ0) is 46.2. The molecule has 3 aromatic heterocycles. The number of hydrogen-bond acceptors (Lipinski definition) is 0. The fraction of sp³-hybridized carbons (Fsp3) is 0. The fourth-order valence-electron chi connectivity index (χ4n) is 11.9. The van der Waals surface area contributed by atoms with Crippen LogP contribution in [0.5, 0.6) is 0 Å². The van der Waals surface area contributed by atoms with Crippen LogP contribution in [0.4, 0.5) is 0 Å². The lowest BCUT2D eigenvalue weighted by Gasteiger charge is -2.34. The van der Waals surface area contributed by atoms with Gasteiger partial charge in [-0.3, -0.25) is 0 Å². The van der Waals surface area contributed by atoms with E-state index in [-0.39, 0.29) is 0 Å². The molecule has 3 nitrogen and oxygen atoms in total. The summed E-state index contributed by atoms with van der Waals surface area (Å²) in [4.78, 5) is 0. The van der Waals surface area contributed by atoms with Gasteiger partial charge in [0.25, 0.3) is 0 Å². The smallest absolute Gasteiger partial charge is 0.179 e. The van der Waals surface area contributed by atoms with E-state index in [9.17, 15) is 0 Å². The molecule has 0 radical (unpaired) electrons. The minimum atomic E-state index is -2.78. The molecule has 328 valence electrons. The zero-order valence-electron chi connectivity index (χ0n) is 38.3. The molecule has 0 bridgehead atoms. The van der Waals surface area contributed by atoms with Crippen molar-refractivity contribution in [1.29, 1.82) is 0 Å². The molecule has 0 atom stereocenters. The van der Waals surface area contributed by atoms with Crippen LogP contribution in [0.2, 0.25) is 0 Å². The Balaban J connectivity index is 1.03. The highest BCUT2D eigenvalue weighted by molar-refractivity contribution is 7.19. The first-order valence-electron chi connectivity index (χ1n) is 24.2. The Hall–Kier alpha value is -8.96. The molecule has 11 aromatic carbocycles. The number of nitrogens with zero attached hydrogens (tertiary/aromatic N) is 3. The molecule has 14 rings (SSSR count). The predicted molar refractivity (Wildman–Crippen MR) is 299 cm³/mol. The second kappa shape index (κ2) is 16.1. The first-order chi connectivity index (χ1) is 34.8. The number of fused-ring (bicyclic) bond motifs is 9. The van der Waals surface area contributed by atoms with Crippen LogP contribution in [0.1, 0.15) is 0 Å². The molecule has 70 heavy (non-hydrogen) atoms. The fourth-order valence-corrected chi connectivity index (χ4v) is 16.7. The van der Waals surface area contributed by atoms with Gasteiger partial charge in [0.2, 0.25) is 0 Å². The molecule has 0 aliphatic rings. The second-order valence-electron chi connectivity index (χ2n) is 18.4. The highest BCUT2D eigenvalue weighted by Crippen LogP contribution is 2.44. The molecular formula is C66H45N3Si. The highest BCUT2D eigenvalue weighted by Gasteiger charge is 2.41. The lowest BCUT2D eigenvalue weighted by atomic mass is 10.0. The van der Waals surface area contributed by atoms with Crippen molar-refractivity contribution in [3.63, 3.8) is 0 Å². The van der Waals surface area contributed by atoms with E-state index in [4.69, 9.17) is 0 Å². The first-order valence-corrected chi connectivity index (χ1v) is 26.2. The van der Waals surface area contributed by atoms with Gasteiger partial charge in [-0.2, -0.15) is 0 Å². The minimum Gasteiger partial charge on any atom is -0.309 e. The quantitative estimate of drug-likeness (QED) is 0.107. The number of benzene rings is 11. The predicted octanol–water partition coefficient (Wildman–Crippen LogP) is 14.0. The molecule has 0 aliphatic heterocycles. The number of hydrogen-bond donors (Lipinski definition) is 0. The summed E-state index contributed by atoms with van der Waals surface area (Å²) in [6.45, 7) is 0.